The van der Waals surface area contributed by atoms with E-state index in [4.69, 9.17) is 0 Å². The van der Waals surface area contributed by atoms with Crippen LogP contribution < -0.4 is 10.2 Å². The normalized spacial score (nSPS) is 19.7. The molecule has 1 saturated heterocycles. The van der Waals surface area contributed by atoms with Gasteiger partial charge in [0.05, 0.1) is 16.3 Å². The fourth-order valence-electron chi connectivity index (χ4n) is 3.10. The number of piperidine rings is 1. The van der Waals surface area contributed by atoms with E-state index in [1.807, 2.05) is 32.2 Å². The van der Waals surface area contributed by atoms with Crippen LogP contribution in [0.15, 0.2) is 29.2 Å². The second-order valence-electron chi connectivity index (χ2n) is 5.69. The number of rotatable bonds is 6. The molecule has 21 heavy (non-hydrogen) atoms. The van der Waals surface area contributed by atoms with Crippen molar-refractivity contribution in [1.29, 1.82) is 0 Å². The van der Waals surface area contributed by atoms with Gasteiger partial charge in [0.1, 0.15) is 0 Å². The maximum Gasteiger partial charge on any atom is 0.180 e. The highest BCUT2D eigenvalue weighted by molar-refractivity contribution is 7.91. The van der Waals surface area contributed by atoms with E-state index >= 15 is 0 Å². The molecule has 1 atom stereocenters. The van der Waals surface area contributed by atoms with Crippen molar-refractivity contribution in [3.8, 4) is 0 Å². The van der Waals surface area contributed by atoms with Crippen LogP contribution in [0, 0.1) is 0 Å². The van der Waals surface area contributed by atoms with Crippen LogP contribution in [-0.4, -0.2) is 40.3 Å². The lowest BCUT2D eigenvalue weighted by Gasteiger charge is -2.38. The molecule has 4 nitrogen and oxygen atoms in total. The fourth-order valence-corrected chi connectivity index (χ4v) is 4.65. The monoisotopic (exact) mass is 310 g/mol. The molecule has 1 aromatic rings. The van der Waals surface area contributed by atoms with Crippen molar-refractivity contribution in [3.05, 3.63) is 24.3 Å². The summed E-state index contributed by atoms with van der Waals surface area (Å²) in [5.74, 6) is 0.217. The molecule has 0 radical (unpaired) electrons. The summed E-state index contributed by atoms with van der Waals surface area (Å²) in [4.78, 5) is 2.78. The summed E-state index contributed by atoms with van der Waals surface area (Å²) in [6, 6.07) is 7.85. The first kappa shape index (κ1) is 16.3. The topological polar surface area (TPSA) is 49.4 Å². The largest absolute Gasteiger partial charge is 0.366 e. The van der Waals surface area contributed by atoms with Crippen molar-refractivity contribution in [1.82, 2.24) is 5.32 Å². The molecule has 118 valence electrons. The van der Waals surface area contributed by atoms with Gasteiger partial charge < -0.3 is 10.2 Å². The maximum absolute atomic E-state index is 12.5. The van der Waals surface area contributed by atoms with E-state index in [0.717, 1.165) is 31.6 Å². The van der Waals surface area contributed by atoms with Gasteiger partial charge in [-0.25, -0.2) is 8.42 Å². The third-order valence-electron chi connectivity index (χ3n) is 4.05. The van der Waals surface area contributed by atoms with Crippen LogP contribution in [0.2, 0.25) is 0 Å². The van der Waals surface area contributed by atoms with Gasteiger partial charge in [-0.05, 0) is 44.9 Å². The van der Waals surface area contributed by atoms with Gasteiger partial charge in [-0.15, -0.1) is 0 Å². The molecule has 1 unspecified atom stereocenters. The third kappa shape index (κ3) is 3.77. The number of para-hydroxylation sites is 1. The van der Waals surface area contributed by atoms with E-state index in [0.29, 0.717) is 17.4 Å². The maximum atomic E-state index is 12.5. The quantitative estimate of drug-likeness (QED) is 0.877. The van der Waals surface area contributed by atoms with Gasteiger partial charge in [0.15, 0.2) is 9.84 Å². The van der Waals surface area contributed by atoms with Gasteiger partial charge in [0.25, 0.3) is 0 Å². The minimum atomic E-state index is -3.19. The van der Waals surface area contributed by atoms with Crippen molar-refractivity contribution in [2.75, 3.05) is 30.8 Å². The standard InChI is InChI=1S/C16H26N2O2S/c1-3-12-21(19,20)16-10-5-4-9-15(16)18-11-7-6-8-14(18)13-17-2/h4-5,9-10,14,17H,3,6-8,11-13H2,1-2H3. The Balaban J connectivity index is 2.38. The highest BCUT2D eigenvalue weighted by Crippen LogP contribution is 2.31. The van der Waals surface area contributed by atoms with Crippen molar-refractivity contribution in [2.24, 2.45) is 0 Å². The Morgan fingerprint density at radius 3 is 2.76 bits per heavy atom. The van der Waals surface area contributed by atoms with E-state index in [2.05, 4.69) is 10.2 Å². The Labute approximate surface area is 128 Å². The fraction of sp³-hybridized carbons (Fsp3) is 0.625. The first-order chi connectivity index (χ1) is 10.1. The molecule has 1 fully saturated rings. The van der Waals surface area contributed by atoms with Crippen LogP contribution >= 0.6 is 0 Å². The SMILES string of the molecule is CCCS(=O)(=O)c1ccccc1N1CCCCC1CNC. The van der Waals surface area contributed by atoms with Gasteiger partial charge in [-0.1, -0.05) is 19.1 Å². The number of hydrogen-bond donors (Lipinski definition) is 1. The number of nitrogens with zero attached hydrogens (tertiary/aromatic N) is 1. The zero-order valence-electron chi connectivity index (χ0n) is 13.0. The number of anilines is 1. The van der Waals surface area contributed by atoms with Crippen molar-refractivity contribution < 1.29 is 8.42 Å². The van der Waals surface area contributed by atoms with Crippen LogP contribution in [0.3, 0.4) is 0 Å². The van der Waals surface area contributed by atoms with Gasteiger partial charge in [-0.3, -0.25) is 0 Å². The molecule has 2 rings (SSSR count). The minimum absolute atomic E-state index is 0.217. The summed E-state index contributed by atoms with van der Waals surface area (Å²) in [5.41, 5.74) is 0.880. The van der Waals surface area contributed by atoms with Gasteiger partial charge in [0.2, 0.25) is 0 Å². The molecular formula is C16H26N2O2S. The molecule has 0 bridgehead atoms. The molecule has 1 aliphatic rings. The predicted octanol–water partition coefficient (Wildman–Crippen LogP) is 2.45. The van der Waals surface area contributed by atoms with E-state index in [-0.39, 0.29) is 5.75 Å². The Kier molecular flexibility index (Phi) is 5.65. The lowest BCUT2D eigenvalue weighted by molar-refractivity contribution is 0.444. The molecule has 5 heteroatoms. The second kappa shape index (κ2) is 7.27. The summed E-state index contributed by atoms with van der Waals surface area (Å²) in [6.07, 6.45) is 4.11. The van der Waals surface area contributed by atoms with Crippen LogP contribution in [-0.2, 0) is 9.84 Å². The third-order valence-corrected chi connectivity index (χ3v) is 6.01. The molecule has 0 spiro atoms. The highest BCUT2D eigenvalue weighted by Gasteiger charge is 2.27. The number of sulfone groups is 1. The Morgan fingerprint density at radius 2 is 2.05 bits per heavy atom. The molecule has 1 aromatic carbocycles. The van der Waals surface area contributed by atoms with E-state index in [1.54, 1.807) is 6.07 Å². The van der Waals surface area contributed by atoms with E-state index in [1.165, 1.54) is 6.42 Å². The molecule has 1 aliphatic heterocycles. The zero-order valence-corrected chi connectivity index (χ0v) is 13.8. The van der Waals surface area contributed by atoms with E-state index < -0.39 is 9.84 Å². The zero-order chi connectivity index (χ0) is 15.3. The summed E-state index contributed by atoms with van der Waals surface area (Å²) >= 11 is 0. The lowest BCUT2D eigenvalue weighted by atomic mass is 10.0. The molecule has 0 saturated carbocycles. The summed E-state index contributed by atoms with van der Waals surface area (Å²) in [6.45, 7) is 3.73. The average Bonchev–Trinajstić information content (AvgIpc) is 2.48. The number of hydrogen-bond acceptors (Lipinski definition) is 4. The van der Waals surface area contributed by atoms with Crippen LogP contribution in [0.1, 0.15) is 32.6 Å². The number of benzene rings is 1. The molecule has 0 aliphatic carbocycles. The van der Waals surface area contributed by atoms with Crippen LogP contribution in [0.5, 0.6) is 0 Å². The minimum Gasteiger partial charge on any atom is -0.366 e. The Morgan fingerprint density at radius 1 is 1.29 bits per heavy atom. The first-order valence-electron chi connectivity index (χ1n) is 7.83. The summed E-state index contributed by atoms with van der Waals surface area (Å²) in [7, 11) is -1.24. The summed E-state index contributed by atoms with van der Waals surface area (Å²) < 4.78 is 25.0. The van der Waals surface area contributed by atoms with Gasteiger partial charge in [0, 0.05) is 19.1 Å². The van der Waals surface area contributed by atoms with E-state index in [9.17, 15) is 8.42 Å². The molecular weight excluding hydrogens is 284 g/mol. The summed E-state index contributed by atoms with van der Waals surface area (Å²) in [5, 5.41) is 3.23. The average molecular weight is 310 g/mol. The van der Waals surface area contributed by atoms with Crippen molar-refractivity contribution >= 4 is 15.5 Å². The van der Waals surface area contributed by atoms with Gasteiger partial charge in [-0.2, -0.15) is 0 Å². The lowest BCUT2D eigenvalue weighted by Crippen LogP contribution is -2.45. The predicted molar refractivity (Wildman–Crippen MR) is 87.7 cm³/mol. The number of likely N-dealkylation sites (N-methyl/N-ethyl adjacent to an activating group) is 1. The highest BCUT2D eigenvalue weighted by atomic mass is 32.2. The molecule has 1 N–H and O–H groups in total. The van der Waals surface area contributed by atoms with Crippen molar-refractivity contribution in [2.45, 2.75) is 43.5 Å². The Bertz CT molecular complexity index is 555. The molecule has 0 amide bonds. The van der Waals surface area contributed by atoms with Gasteiger partial charge >= 0.3 is 0 Å². The number of nitrogens with one attached hydrogen (secondary N) is 1. The smallest absolute Gasteiger partial charge is 0.180 e. The van der Waals surface area contributed by atoms with Crippen LogP contribution in [0.25, 0.3) is 0 Å². The molecule has 0 aromatic heterocycles. The van der Waals surface area contributed by atoms with Crippen LogP contribution in [0.4, 0.5) is 5.69 Å². The first-order valence-corrected chi connectivity index (χ1v) is 9.48. The Hall–Kier alpha value is -1.07. The van der Waals surface area contributed by atoms with Crippen molar-refractivity contribution in [3.63, 3.8) is 0 Å². The second-order valence-corrected chi connectivity index (χ2v) is 7.76. The molecule has 1 heterocycles.